The normalized spacial score (nSPS) is 10.2. The smallest absolute Gasteiger partial charge is 0.411 e. The van der Waals surface area contributed by atoms with E-state index in [2.05, 4.69) is 15.4 Å². The van der Waals surface area contributed by atoms with Crippen LogP contribution in [0.5, 0.6) is 0 Å². The van der Waals surface area contributed by atoms with Crippen molar-refractivity contribution in [2.24, 2.45) is 0 Å². The number of amides is 2. The summed E-state index contributed by atoms with van der Waals surface area (Å²) in [4.78, 5) is 23.1. The first kappa shape index (κ1) is 19.1. The third kappa shape index (κ3) is 6.29. The fourth-order valence-corrected chi connectivity index (χ4v) is 2.64. The zero-order chi connectivity index (χ0) is 18.2. The van der Waals surface area contributed by atoms with E-state index in [1.165, 1.54) is 7.11 Å². The van der Waals surface area contributed by atoms with Crippen LogP contribution in [0.1, 0.15) is 17.5 Å². The van der Waals surface area contributed by atoms with Crippen LogP contribution in [0.25, 0.3) is 0 Å². The minimum absolute atomic E-state index is 0.0669. The highest BCUT2D eigenvalue weighted by Gasteiger charge is 2.06. The van der Waals surface area contributed by atoms with Gasteiger partial charge in [-0.15, -0.1) is 0 Å². The van der Waals surface area contributed by atoms with Crippen molar-refractivity contribution in [1.82, 2.24) is 5.32 Å². The maximum atomic E-state index is 12.0. The standard InChI is InChI=1S/C18H18Cl2N2O3/c1-25-18(24)22-15-7-2-12(3-8-15)11-21-17(23)9-5-13-4-6-14(19)10-16(13)20/h2-4,6-8,10H,5,9,11H2,1H3,(H,21,23)(H,22,24). The van der Waals surface area contributed by atoms with Gasteiger partial charge in [0.25, 0.3) is 0 Å². The Kier molecular flexibility index (Phi) is 7.10. The van der Waals surface area contributed by atoms with Gasteiger partial charge in [0.05, 0.1) is 7.11 Å². The molecule has 0 saturated carbocycles. The number of halogens is 2. The number of nitrogens with one attached hydrogen (secondary N) is 2. The van der Waals surface area contributed by atoms with Gasteiger partial charge < -0.3 is 10.1 Å². The number of carbonyl (C=O) groups excluding carboxylic acids is 2. The number of hydrogen-bond acceptors (Lipinski definition) is 3. The van der Waals surface area contributed by atoms with Crippen LogP contribution in [-0.4, -0.2) is 19.1 Å². The monoisotopic (exact) mass is 380 g/mol. The largest absolute Gasteiger partial charge is 0.453 e. The van der Waals surface area contributed by atoms with Crippen molar-refractivity contribution in [2.75, 3.05) is 12.4 Å². The van der Waals surface area contributed by atoms with Crippen molar-refractivity contribution in [3.8, 4) is 0 Å². The Hall–Kier alpha value is -2.24. The predicted molar refractivity (Wildman–Crippen MR) is 99.1 cm³/mol. The summed E-state index contributed by atoms with van der Waals surface area (Å²) in [6.07, 6.45) is 0.356. The average molecular weight is 381 g/mol. The molecule has 25 heavy (non-hydrogen) atoms. The molecule has 5 nitrogen and oxygen atoms in total. The van der Waals surface area contributed by atoms with Gasteiger partial charge in [0.15, 0.2) is 0 Å². The summed E-state index contributed by atoms with van der Waals surface area (Å²) < 4.78 is 4.52. The molecule has 0 saturated heterocycles. The van der Waals surface area contributed by atoms with Crippen LogP contribution in [0.2, 0.25) is 10.0 Å². The maximum absolute atomic E-state index is 12.0. The first-order valence-electron chi connectivity index (χ1n) is 7.62. The van der Waals surface area contributed by atoms with E-state index in [0.717, 1.165) is 11.1 Å². The first-order chi connectivity index (χ1) is 12.0. The molecule has 2 aromatic carbocycles. The maximum Gasteiger partial charge on any atom is 0.411 e. The van der Waals surface area contributed by atoms with E-state index in [4.69, 9.17) is 23.2 Å². The van der Waals surface area contributed by atoms with E-state index in [1.807, 2.05) is 18.2 Å². The number of aryl methyl sites for hydroxylation is 1. The number of rotatable bonds is 6. The van der Waals surface area contributed by atoms with Crippen molar-refractivity contribution in [2.45, 2.75) is 19.4 Å². The fraction of sp³-hybridized carbons (Fsp3) is 0.222. The van der Waals surface area contributed by atoms with Gasteiger partial charge in [-0.2, -0.15) is 0 Å². The lowest BCUT2D eigenvalue weighted by molar-refractivity contribution is -0.121. The van der Waals surface area contributed by atoms with E-state index >= 15 is 0 Å². The lowest BCUT2D eigenvalue weighted by Crippen LogP contribution is -2.23. The van der Waals surface area contributed by atoms with E-state index in [9.17, 15) is 9.59 Å². The summed E-state index contributed by atoms with van der Waals surface area (Å²) in [6.45, 7) is 0.408. The van der Waals surface area contributed by atoms with Crippen LogP contribution in [-0.2, 0) is 22.5 Å². The SMILES string of the molecule is COC(=O)Nc1ccc(CNC(=O)CCc2ccc(Cl)cc2Cl)cc1. The highest BCUT2D eigenvalue weighted by atomic mass is 35.5. The van der Waals surface area contributed by atoms with Gasteiger partial charge in [-0.1, -0.05) is 41.4 Å². The molecule has 0 radical (unpaired) electrons. The van der Waals surface area contributed by atoms with E-state index < -0.39 is 6.09 Å². The van der Waals surface area contributed by atoms with Gasteiger partial charge >= 0.3 is 6.09 Å². The van der Waals surface area contributed by atoms with Crippen LogP contribution < -0.4 is 10.6 Å². The van der Waals surface area contributed by atoms with Crippen LogP contribution in [0.3, 0.4) is 0 Å². The lowest BCUT2D eigenvalue weighted by Gasteiger charge is -2.08. The second kappa shape index (κ2) is 9.30. The van der Waals surface area contributed by atoms with E-state index in [0.29, 0.717) is 35.1 Å². The van der Waals surface area contributed by atoms with Crippen LogP contribution in [0.4, 0.5) is 10.5 Å². The molecule has 0 aromatic heterocycles. The van der Waals surface area contributed by atoms with Gasteiger partial charge in [-0.05, 0) is 41.8 Å². The van der Waals surface area contributed by atoms with E-state index in [-0.39, 0.29) is 5.91 Å². The third-order valence-electron chi connectivity index (χ3n) is 3.51. The molecule has 7 heteroatoms. The van der Waals surface area contributed by atoms with Crippen LogP contribution >= 0.6 is 23.2 Å². The highest BCUT2D eigenvalue weighted by Crippen LogP contribution is 2.22. The molecule has 0 heterocycles. The molecule has 0 unspecified atom stereocenters. The summed E-state index contributed by atoms with van der Waals surface area (Å²) in [6, 6.07) is 12.4. The second-order valence-electron chi connectivity index (χ2n) is 5.33. The Labute approximate surface area is 156 Å². The van der Waals surface area contributed by atoms with E-state index in [1.54, 1.807) is 24.3 Å². The summed E-state index contributed by atoms with van der Waals surface area (Å²) >= 11 is 11.9. The number of benzene rings is 2. The number of hydrogen-bond donors (Lipinski definition) is 2. The number of carbonyl (C=O) groups is 2. The molecule has 0 bridgehead atoms. The fourth-order valence-electron chi connectivity index (χ4n) is 2.14. The first-order valence-corrected chi connectivity index (χ1v) is 8.38. The van der Waals surface area contributed by atoms with Gasteiger partial charge in [-0.3, -0.25) is 10.1 Å². The third-order valence-corrected chi connectivity index (χ3v) is 4.10. The second-order valence-corrected chi connectivity index (χ2v) is 6.17. The molecule has 2 N–H and O–H groups in total. The van der Waals surface area contributed by atoms with Crippen molar-refractivity contribution < 1.29 is 14.3 Å². The van der Waals surface area contributed by atoms with Gasteiger partial charge in [0, 0.05) is 28.7 Å². The quantitative estimate of drug-likeness (QED) is 0.779. The molecule has 132 valence electrons. The van der Waals surface area contributed by atoms with Crippen molar-refractivity contribution in [3.63, 3.8) is 0 Å². The van der Waals surface area contributed by atoms with Crippen LogP contribution in [0.15, 0.2) is 42.5 Å². The summed E-state index contributed by atoms with van der Waals surface area (Å²) in [5.41, 5.74) is 2.44. The van der Waals surface area contributed by atoms with Crippen LogP contribution in [0, 0.1) is 0 Å². The molecule has 0 aliphatic carbocycles. The molecule has 0 fully saturated rings. The molecule has 0 aliphatic rings. The number of ether oxygens (including phenoxy) is 1. The molecule has 0 aliphatic heterocycles. The number of methoxy groups -OCH3 is 1. The van der Waals surface area contributed by atoms with Crippen molar-refractivity contribution in [1.29, 1.82) is 0 Å². The van der Waals surface area contributed by atoms with Crippen molar-refractivity contribution in [3.05, 3.63) is 63.6 Å². The summed E-state index contributed by atoms with van der Waals surface area (Å²) in [7, 11) is 1.30. The average Bonchev–Trinajstić information content (AvgIpc) is 2.60. The Morgan fingerprint density at radius 2 is 1.80 bits per heavy atom. The Morgan fingerprint density at radius 3 is 2.44 bits per heavy atom. The topological polar surface area (TPSA) is 67.4 Å². The molecular weight excluding hydrogens is 363 g/mol. The number of anilines is 1. The summed E-state index contributed by atoms with van der Waals surface area (Å²) in [5.74, 6) is -0.0669. The molecular formula is C18H18Cl2N2O3. The van der Waals surface area contributed by atoms with Gasteiger partial charge in [0.2, 0.25) is 5.91 Å². The molecule has 0 spiro atoms. The zero-order valence-corrected chi connectivity index (χ0v) is 15.2. The van der Waals surface area contributed by atoms with Gasteiger partial charge in [-0.25, -0.2) is 4.79 Å². The molecule has 0 atom stereocenters. The Bertz CT molecular complexity index is 748. The van der Waals surface area contributed by atoms with Crippen molar-refractivity contribution >= 4 is 40.9 Å². The predicted octanol–water partition coefficient (Wildman–Crippen LogP) is 4.42. The lowest BCUT2D eigenvalue weighted by atomic mass is 10.1. The zero-order valence-electron chi connectivity index (χ0n) is 13.6. The van der Waals surface area contributed by atoms with Gasteiger partial charge in [0.1, 0.15) is 0 Å². The Balaban J connectivity index is 1.78. The Morgan fingerprint density at radius 1 is 1.08 bits per heavy atom. The highest BCUT2D eigenvalue weighted by molar-refractivity contribution is 6.35. The summed E-state index contributed by atoms with van der Waals surface area (Å²) in [5, 5.41) is 6.55. The molecule has 2 aromatic rings. The minimum atomic E-state index is -0.526. The molecule has 2 amide bonds. The molecule has 2 rings (SSSR count). The minimum Gasteiger partial charge on any atom is -0.453 e.